The summed E-state index contributed by atoms with van der Waals surface area (Å²) < 4.78 is 18.5. The normalized spacial score (nSPS) is 10.4. The number of hydrogen-bond donors (Lipinski definition) is 0. The first kappa shape index (κ1) is 12.4. The van der Waals surface area contributed by atoms with Gasteiger partial charge in [0, 0.05) is 0 Å². The Balaban J connectivity index is 1.91. The average Bonchev–Trinajstić information content (AvgIpc) is 2.49. The third kappa shape index (κ3) is 2.38. The first-order chi connectivity index (χ1) is 9.74. The SMILES string of the molecule is O=C(Oc1ccccc1F)c1ccc2ccccc2c1. The van der Waals surface area contributed by atoms with Crippen LogP contribution in [0.2, 0.25) is 0 Å². The summed E-state index contributed by atoms with van der Waals surface area (Å²) in [6.07, 6.45) is 0. The Morgan fingerprint density at radius 3 is 2.35 bits per heavy atom. The number of hydrogen-bond acceptors (Lipinski definition) is 2. The van der Waals surface area contributed by atoms with Crippen LogP contribution >= 0.6 is 0 Å². The number of carbonyl (C=O) groups excluding carboxylic acids is 1. The molecule has 0 saturated carbocycles. The molecule has 0 fully saturated rings. The fraction of sp³-hybridized carbons (Fsp3) is 0. The number of benzene rings is 3. The summed E-state index contributed by atoms with van der Waals surface area (Å²) in [7, 11) is 0. The van der Waals surface area contributed by atoms with Gasteiger partial charge in [0.25, 0.3) is 0 Å². The zero-order valence-corrected chi connectivity index (χ0v) is 10.5. The molecule has 98 valence electrons. The summed E-state index contributed by atoms with van der Waals surface area (Å²) in [5, 5.41) is 1.98. The fourth-order valence-corrected chi connectivity index (χ4v) is 2.00. The van der Waals surface area contributed by atoms with E-state index in [4.69, 9.17) is 4.74 Å². The smallest absolute Gasteiger partial charge is 0.343 e. The van der Waals surface area contributed by atoms with Crippen LogP contribution in [0, 0.1) is 5.82 Å². The molecule has 3 aromatic rings. The zero-order valence-electron chi connectivity index (χ0n) is 10.5. The third-order valence-electron chi connectivity index (χ3n) is 3.02. The predicted octanol–water partition coefficient (Wildman–Crippen LogP) is 4.20. The van der Waals surface area contributed by atoms with Crippen LogP contribution in [0.5, 0.6) is 5.75 Å². The van der Waals surface area contributed by atoms with Gasteiger partial charge in [-0.2, -0.15) is 0 Å². The Kier molecular flexibility index (Phi) is 3.17. The van der Waals surface area contributed by atoms with E-state index in [1.165, 1.54) is 12.1 Å². The molecule has 20 heavy (non-hydrogen) atoms. The maximum Gasteiger partial charge on any atom is 0.343 e. The molecule has 0 aromatic heterocycles. The second-order valence-electron chi connectivity index (χ2n) is 4.38. The van der Waals surface area contributed by atoms with E-state index in [2.05, 4.69) is 0 Å². The van der Waals surface area contributed by atoms with Gasteiger partial charge in [0.15, 0.2) is 11.6 Å². The minimum atomic E-state index is -0.569. The highest BCUT2D eigenvalue weighted by Crippen LogP contribution is 2.19. The molecular formula is C17H11FO2. The number of carbonyl (C=O) groups is 1. The number of fused-ring (bicyclic) bond motifs is 1. The molecule has 3 aromatic carbocycles. The lowest BCUT2D eigenvalue weighted by molar-refractivity contribution is 0.0728. The van der Waals surface area contributed by atoms with Gasteiger partial charge >= 0.3 is 5.97 Å². The molecule has 0 saturated heterocycles. The number of halogens is 1. The van der Waals surface area contributed by atoms with Crippen LogP contribution in [0.3, 0.4) is 0 Å². The van der Waals surface area contributed by atoms with Gasteiger partial charge in [0.2, 0.25) is 0 Å². The summed E-state index contributed by atoms with van der Waals surface area (Å²) in [5.74, 6) is -1.19. The second-order valence-corrected chi connectivity index (χ2v) is 4.38. The molecule has 0 aliphatic heterocycles. The lowest BCUT2D eigenvalue weighted by atomic mass is 10.1. The van der Waals surface area contributed by atoms with E-state index in [9.17, 15) is 9.18 Å². The molecule has 0 amide bonds. The summed E-state index contributed by atoms with van der Waals surface area (Å²) in [5.41, 5.74) is 0.395. The number of para-hydroxylation sites is 1. The standard InChI is InChI=1S/C17H11FO2/c18-15-7-3-4-8-16(15)20-17(19)14-10-9-12-5-1-2-6-13(12)11-14/h1-11H. The molecule has 0 bridgehead atoms. The largest absolute Gasteiger partial charge is 0.420 e. The molecule has 0 spiro atoms. The molecule has 0 atom stereocenters. The van der Waals surface area contributed by atoms with Crippen molar-refractivity contribution in [2.24, 2.45) is 0 Å². The van der Waals surface area contributed by atoms with E-state index in [1.807, 2.05) is 30.3 Å². The van der Waals surface area contributed by atoms with Crippen LogP contribution in [0.25, 0.3) is 10.8 Å². The minimum absolute atomic E-state index is 0.0642. The van der Waals surface area contributed by atoms with Gasteiger partial charge in [-0.25, -0.2) is 9.18 Å². The van der Waals surface area contributed by atoms with Gasteiger partial charge in [0.05, 0.1) is 5.56 Å². The molecule has 0 heterocycles. The minimum Gasteiger partial charge on any atom is -0.420 e. The van der Waals surface area contributed by atoms with Crippen molar-refractivity contribution >= 4 is 16.7 Å². The molecule has 3 rings (SSSR count). The van der Waals surface area contributed by atoms with Crippen molar-refractivity contribution < 1.29 is 13.9 Å². The van der Waals surface area contributed by atoms with Crippen molar-refractivity contribution in [1.29, 1.82) is 0 Å². The molecule has 0 unspecified atom stereocenters. The molecule has 2 nitrogen and oxygen atoms in total. The summed E-state index contributed by atoms with van der Waals surface area (Å²) in [6, 6.07) is 18.8. The topological polar surface area (TPSA) is 26.3 Å². The van der Waals surface area contributed by atoms with Crippen LogP contribution < -0.4 is 4.74 Å². The zero-order chi connectivity index (χ0) is 13.9. The summed E-state index contributed by atoms with van der Waals surface area (Å²) in [6.45, 7) is 0. The van der Waals surface area contributed by atoms with E-state index in [-0.39, 0.29) is 5.75 Å². The Morgan fingerprint density at radius 1 is 0.850 bits per heavy atom. The third-order valence-corrected chi connectivity index (χ3v) is 3.02. The molecule has 3 heteroatoms. The highest BCUT2D eigenvalue weighted by atomic mass is 19.1. The second kappa shape index (κ2) is 5.13. The maximum atomic E-state index is 13.4. The average molecular weight is 266 g/mol. The first-order valence-corrected chi connectivity index (χ1v) is 6.19. The fourth-order valence-electron chi connectivity index (χ4n) is 2.00. The van der Waals surface area contributed by atoms with Crippen molar-refractivity contribution in [3.63, 3.8) is 0 Å². The Bertz CT molecular complexity index is 781. The molecule has 0 N–H and O–H groups in total. The van der Waals surface area contributed by atoms with E-state index >= 15 is 0 Å². The van der Waals surface area contributed by atoms with Crippen molar-refractivity contribution in [3.05, 3.63) is 78.1 Å². The number of ether oxygens (including phenoxy) is 1. The number of esters is 1. The highest BCUT2D eigenvalue weighted by Gasteiger charge is 2.11. The van der Waals surface area contributed by atoms with Gasteiger partial charge in [-0.05, 0) is 35.0 Å². The first-order valence-electron chi connectivity index (χ1n) is 6.19. The summed E-state index contributed by atoms with van der Waals surface area (Å²) in [4.78, 5) is 12.0. The van der Waals surface area contributed by atoms with Gasteiger partial charge in [-0.1, -0.05) is 42.5 Å². The number of rotatable bonds is 2. The Labute approximate surface area is 115 Å². The van der Waals surface area contributed by atoms with Crippen molar-refractivity contribution in [1.82, 2.24) is 0 Å². The molecule has 0 radical (unpaired) electrons. The Hall–Kier alpha value is -2.68. The van der Waals surface area contributed by atoms with Crippen LogP contribution in [-0.2, 0) is 0 Å². The molecular weight excluding hydrogens is 255 g/mol. The van der Waals surface area contributed by atoms with E-state index in [1.54, 1.807) is 24.3 Å². The Morgan fingerprint density at radius 2 is 1.55 bits per heavy atom. The van der Waals surface area contributed by atoms with E-state index < -0.39 is 11.8 Å². The lowest BCUT2D eigenvalue weighted by Crippen LogP contribution is -2.09. The monoisotopic (exact) mass is 266 g/mol. The van der Waals surface area contributed by atoms with Crippen molar-refractivity contribution in [2.45, 2.75) is 0 Å². The summed E-state index contributed by atoms with van der Waals surface area (Å²) >= 11 is 0. The maximum absolute atomic E-state index is 13.4. The highest BCUT2D eigenvalue weighted by molar-refractivity contribution is 5.96. The van der Waals surface area contributed by atoms with E-state index in [0.29, 0.717) is 5.56 Å². The van der Waals surface area contributed by atoms with Crippen LogP contribution in [0.4, 0.5) is 4.39 Å². The van der Waals surface area contributed by atoms with E-state index in [0.717, 1.165) is 10.8 Å². The lowest BCUT2D eigenvalue weighted by Gasteiger charge is -2.06. The molecule has 0 aliphatic rings. The quantitative estimate of drug-likeness (QED) is 0.513. The van der Waals surface area contributed by atoms with Crippen molar-refractivity contribution in [3.8, 4) is 5.75 Å². The molecule has 0 aliphatic carbocycles. The van der Waals surface area contributed by atoms with Crippen LogP contribution in [-0.4, -0.2) is 5.97 Å². The van der Waals surface area contributed by atoms with Crippen LogP contribution in [0.1, 0.15) is 10.4 Å². The van der Waals surface area contributed by atoms with Gasteiger partial charge in [0.1, 0.15) is 0 Å². The van der Waals surface area contributed by atoms with Gasteiger partial charge < -0.3 is 4.74 Å². The van der Waals surface area contributed by atoms with Crippen molar-refractivity contribution in [2.75, 3.05) is 0 Å². The van der Waals surface area contributed by atoms with Crippen LogP contribution in [0.15, 0.2) is 66.7 Å². The van der Waals surface area contributed by atoms with Gasteiger partial charge in [-0.3, -0.25) is 0 Å². The predicted molar refractivity (Wildman–Crippen MR) is 75.3 cm³/mol. The van der Waals surface area contributed by atoms with Gasteiger partial charge in [-0.15, -0.1) is 0 Å².